The molecule has 0 heterocycles. The minimum atomic E-state index is -2.91. The zero-order chi connectivity index (χ0) is 21.0. The average molecular weight is 429 g/mol. The fourth-order valence-corrected chi connectivity index (χ4v) is 2.71. The van der Waals surface area contributed by atoms with Crippen molar-refractivity contribution in [1.82, 2.24) is 15.1 Å². The summed E-state index contributed by atoms with van der Waals surface area (Å²) in [6.07, 6.45) is 0. The second-order valence-corrected chi connectivity index (χ2v) is 8.76. The monoisotopic (exact) mass is 429 g/mol. The van der Waals surface area contributed by atoms with Gasteiger partial charge in [0.15, 0.2) is 0 Å². The highest BCUT2D eigenvalue weighted by atomic mass is 32.8. The van der Waals surface area contributed by atoms with Gasteiger partial charge in [-0.2, -0.15) is 0 Å². The Balaban J connectivity index is 4.67. The average Bonchev–Trinajstić information content (AvgIpc) is 2.50. The fourth-order valence-electron chi connectivity index (χ4n) is 1.94. The maximum Gasteiger partial charge on any atom is 0.317 e. The molecule has 0 aromatic carbocycles. The van der Waals surface area contributed by atoms with Crippen molar-refractivity contribution in [3.63, 3.8) is 0 Å². The lowest BCUT2D eigenvalue weighted by molar-refractivity contribution is -0.143. The van der Waals surface area contributed by atoms with E-state index in [1.807, 2.05) is 0 Å². The van der Waals surface area contributed by atoms with E-state index in [-0.39, 0.29) is 31.9 Å². The molecule has 1 atom stereocenters. The first-order valence-electron chi connectivity index (χ1n) is 7.60. The van der Waals surface area contributed by atoms with E-state index in [0.717, 1.165) is 4.90 Å². The molecule has 156 valence electrons. The van der Waals surface area contributed by atoms with Gasteiger partial charge in [-0.05, 0) is 0 Å². The predicted molar refractivity (Wildman–Crippen MR) is 96.2 cm³/mol. The largest absolute Gasteiger partial charge is 0.480 e. The minimum Gasteiger partial charge on any atom is -0.480 e. The van der Waals surface area contributed by atoms with Crippen LogP contribution in [0.1, 0.15) is 0 Å². The van der Waals surface area contributed by atoms with Gasteiger partial charge in [-0.3, -0.25) is 33.2 Å². The van der Waals surface area contributed by atoms with Gasteiger partial charge in [0, 0.05) is 30.8 Å². The molecule has 1 unspecified atom stereocenters. The summed E-state index contributed by atoms with van der Waals surface area (Å²) in [5, 5.41) is 28.9. The number of hydrogen-bond donors (Lipinski definition) is 4. The predicted octanol–water partition coefficient (Wildman–Crippen LogP) is -2.73. The van der Waals surface area contributed by atoms with Crippen LogP contribution in [-0.2, 0) is 43.3 Å². The van der Waals surface area contributed by atoms with Crippen molar-refractivity contribution < 1.29 is 42.9 Å². The Labute approximate surface area is 160 Å². The van der Waals surface area contributed by atoms with Crippen molar-refractivity contribution in [1.29, 1.82) is 0 Å². The van der Waals surface area contributed by atoms with Crippen molar-refractivity contribution in [3.05, 3.63) is 0 Å². The van der Waals surface area contributed by atoms with Crippen LogP contribution >= 0.6 is 0 Å². The van der Waals surface area contributed by atoms with Gasteiger partial charge in [0.1, 0.15) is 8.77 Å². The van der Waals surface area contributed by atoms with E-state index >= 15 is 0 Å². The molecule has 0 radical (unpaired) electrons. The number of nitrogens with one attached hydrogen (secondary N) is 1. The molecule has 14 heteroatoms. The maximum atomic E-state index is 11.9. The first kappa shape index (κ1) is 25.1. The third-order valence-corrected chi connectivity index (χ3v) is 5.22. The van der Waals surface area contributed by atoms with E-state index in [2.05, 4.69) is 20.7 Å². The molecule has 1 amide bonds. The smallest absolute Gasteiger partial charge is 0.317 e. The highest BCUT2D eigenvalue weighted by Crippen LogP contribution is 1.95. The second kappa shape index (κ2) is 12.5. The SMILES string of the molecule is COS(=O)(=S)CCNC(=O)CN(CCN(CC(=O)O)CC(=O)O)CC(=O)O. The molecular formula is C13H23N3O9S2. The summed E-state index contributed by atoms with van der Waals surface area (Å²) in [7, 11) is -1.73. The number of carboxylic acids is 3. The van der Waals surface area contributed by atoms with Crippen molar-refractivity contribution in [2.24, 2.45) is 0 Å². The summed E-state index contributed by atoms with van der Waals surface area (Å²) in [5.74, 6) is -4.32. The molecular weight excluding hydrogens is 406 g/mol. The summed E-state index contributed by atoms with van der Waals surface area (Å²) < 4.78 is 16.1. The van der Waals surface area contributed by atoms with E-state index < -0.39 is 52.2 Å². The maximum absolute atomic E-state index is 11.9. The van der Waals surface area contributed by atoms with E-state index in [4.69, 9.17) is 15.3 Å². The molecule has 0 bridgehead atoms. The normalized spacial score (nSPS) is 13.3. The molecule has 0 saturated carbocycles. The number of carboxylic acid groups (broad SMARTS) is 3. The number of amides is 1. The first-order chi connectivity index (χ1) is 12.4. The van der Waals surface area contributed by atoms with Gasteiger partial charge in [0.05, 0.1) is 39.0 Å². The first-order valence-corrected chi connectivity index (χ1v) is 10.2. The van der Waals surface area contributed by atoms with Gasteiger partial charge < -0.3 is 20.6 Å². The summed E-state index contributed by atoms with van der Waals surface area (Å²) in [5.41, 5.74) is 0. The van der Waals surface area contributed by atoms with Crippen LogP contribution in [0.4, 0.5) is 0 Å². The van der Waals surface area contributed by atoms with Crippen LogP contribution in [0.2, 0.25) is 0 Å². The standard InChI is InChI=1S/C13H23N3O9S2/c1-25-27(24,26)5-2-14-10(17)6-15(7-11(18)19)3-4-16(8-12(20)21)9-13(22)23/h2-9H2,1H3,(H,14,17)(H,18,19)(H,20,21)(H,22,23). The van der Waals surface area contributed by atoms with Gasteiger partial charge in [0.2, 0.25) is 5.91 Å². The topological polar surface area (TPSA) is 174 Å². The van der Waals surface area contributed by atoms with Crippen LogP contribution in [0.25, 0.3) is 0 Å². The quantitative estimate of drug-likeness (QED) is 0.212. The number of aliphatic carboxylic acids is 3. The van der Waals surface area contributed by atoms with Crippen LogP contribution in [0, 0.1) is 0 Å². The zero-order valence-corrected chi connectivity index (χ0v) is 16.3. The van der Waals surface area contributed by atoms with Gasteiger partial charge in [-0.1, -0.05) is 0 Å². The Morgan fingerprint density at radius 2 is 1.33 bits per heavy atom. The molecule has 0 aliphatic carbocycles. The van der Waals surface area contributed by atoms with Gasteiger partial charge in [-0.15, -0.1) is 0 Å². The molecule has 0 saturated heterocycles. The van der Waals surface area contributed by atoms with E-state index in [1.165, 1.54) is 12.0 Å². The molecule has 0 fully saturated rings. The lowest BCUT2D eigenvalue weighted by Gasteiger charge is -2.24. The molecule has 12 nitrogen and oxygen atoms in total. The third kappa shape index (κ3) is 13.9. The minimum absolute atomic E-state index is 0.0277. The Hall–Kier alpha value is -1.87. The van der Waals surface area contributed by atoms with Gasteiger partial charge in [-0.25, -0.2) is 4.21 Å². The van der Waals surface area contributed by atoms with Crippen LogP contribution < -0.4 is 5.32 Å². The van der Waals surface area contributed by atoms with E-state index in [1.54, 1.807) is 0 Å². The van der Waals surface area contributed by atoms with Gasteiger partial charge >= 0.3 is 17.9 Å². The molecule has 27 heavy (non-hydrogen) atoms. The van der Waals surface area contributed by atoms with Crippen molar-refractivity contribution >= 4 is 43.8 Å². The highest BCUT2D eigenvalue weighted by Gasteiger charge is 2.18. The summed E-state index contributed by atoms with van der Waals surface area (Å²) in [4.78, 5) is 46.7. The molecule has 0 rings (SSSR count). The van der Waals surface area contributed by atoms with Crippen LogP contribution in [0.15, 0.2) is 0 Å². The number of hydrogen-bond acceptors (Lipinski definition) is 9. The number of carbonyl (C=O) groups excluding carboxylic acids is 1. The Bertz CT molecular complexity index is 623. The third-order valence-electron chi connectivity index (χ3n) is 3.10. The van der Waals surface area contributed by atoms with Crippen LogP contribution in [-0.4, -0.2) is 112 Å². The van der Waals surface area contributed by atoms with Crippen molar-refractivity contribution in [2.45, 2.75) is 0 Å². The van der Waals surface area contributed by atoms with Crippen molar-refractivity contribution in [2.75, 3.05) is 58.7 Å². The summed E-state index contributed by atoms with van der Waals surface area (Å²) in [6, 6.07) is 0. The summed E-state index contributed by atoms with van der Waals surface area (Å²) >= 11 is 4.65. The molecule has 0 aliphatic heterocycles. The number of nitrogens with zero attached hydrogens (tertiary/aromatic N) is 2. The molecule has 0 aromatic heterocycles. The Morgan fingerprint density at radius 3 is 1.70 bits per heavy atom. The highest BCUT2D eigenvalue weighted by molar-refractivity contribution is 8.30. The second-order valence-electron chi connectivity index (χ2n) is 5.38. The zero-order valence-electron chi connectivity index (χ0n) is 14.7. The molecule has 0 aromatic rings. The number of carbonyl (C=O) groups is 4. The van der Waals surface area contributed by atoms with E-state index in [0.29, 0.717) is 0 Å². The molecule has 4 N–H and O–H groups in total. The van der Waals surface area contributed by atoms with E-state index in [9.17, 15) is 23.4 Å². The Kier molecular flexibility index (Phi) is 11.6. The van der Waals surface area contributed by atoms with Crippen LogP contribution in [0.5, 0.6) is 0 Å². The fraction of sp³-hybridized carbons (Fsp3) is 0.692. The summed E-state index contributed by atoms with van der Waals surface area (Å²) in [6.45, 7) is -2.05. The molecule has 0 aliphatic rings. The van der Waals surface area contributed by atoms with Gasteiger partial charge in [0.25, 0.3) is 0 Å². The molecule has 0 spiro atoms. The lowest BCUT2D eigenvalue weighted by atomic mass is 10.3. The lowest BCUT2D eigenvalue weighted by Crippen LogP contribution is -2.45. The van der Waals surface area contributed by atoms with Crippen molar-refractivity contribution in [3.8, 4) is 0 Å². The number of rotatable bonds is 15. The Morgan fingerprint density at radius 1 is 0.926 bits per heavy atom. The van der Waals surface area contributed by atoms with Crippen LogP contribution in [0.3, 0.4) is 0 Å².